The van der Waals surface area contributed by atoms with Gasteiger partial charge < -0.3 is 10.2 Å². The van der Waals surface area contributed by atoms with Crippen molar-refractivity contribution in [3.8, 4) is 0 Å². The van der Waals surface area contributed by atoms with E-state index in [1.807, 2.05) is 42.5 Å². The van der Waals surface area contributed by atoms with E-state index in [-0.39, 0.29) is 13.2 Å². The fraction of sp³-hybridized carbons (Fsp3) is 0.167. The molecule has 2 heteroatoms. The van der Waals surface area contributed by atoms with Crippen LogP contribution in [-0.4, -0.2) is 23.4 Å². The van der Waals surface area contributed by atoms with Crippen molar-refractivity contribution in [2.75, 3.05) is 13.2 Å². The first-order chi connectivity index (χ1) is 6.86. The number of hydrogen-bond donors (Lipinski definition) is 2. The second-order valence-electron chi connectivity index (χ2n) is 2.91. The van der Waals surface area contributed by atoms with Crippen LogP contribution in [-0.2, 0) is 0 Å². The van der Waals surface area contributed by atoms with E-state index in [1.165, 1.54) is 0 Å². The Balaban J connectivity index is 2.61. The second-order valence-corrected chi connectivity index (χ2v) is 2.91. The number of aliphatic hydroxyl groups excluding tert-OH is 2. The summed E-state index contributed by atoms with van der Waals surface area (Å²) in [6.45, 7) is -0.203. The molecule has 2 nitrogen and oxygen atoms in total. The van der Waals surface area contributed by atoms with Gasteiger partial charge in [0.1, 0.15) is 0 Å². The Morgan fingerprint density at radius 1 is 1.07 bits per heavy atom. The van der Waals surface area contributed by atoms with E-state index in [0.717, 1.165) is 5.56 Å². The molecular formula is C12H14O2. The third-order valence-corrected chi connectivity index (χ3v) is 1.83. The van der Waals surface area contributed by atoms with Gasteiger partial charge in [0.15, 0.2) is 0 Å². The van der Waals surface area contributed by atoms with Crippen LogP contribution in [0.1, 0.15) is 5.56 Å². The molecule has 0 unspecified atom stereocenters. The van der Waals surface area contributed by atoms with Crippen molar-refractivity contribution in [3.63, 3.8) is 0 Å². The summed E-state index contributed by atoms with van der Waals surface area (Å²) in [5.41, 5.74) is 1.70. The lowest BCUT2D eigenvalue weighted by molar-refractivity contribution is 0.276. The lowest BCUT2D eigenvalue weighted by Gasteiger charge is -1.94. The monoisotopic (exact) mass is 190 g/mol. The molecule has 0 aliphatic rings. The molecule has 0 saturated carbocycles. The van der Waals surface area contributed by atoms with E-state index < -0.39 is 0 Å². The van der Waals surface area contributed by atoms with Gasteiger partial charge in [0, 0.05) is 0 Å². The lowest BCUT2D eigenvalue weighted by Crippen LogP contribution is -1.94. The van der Waals surface area contributed by atoms with Gasteiger partial charge in [0.25, 0.3) is 0 Å². The Kier molecular flexibility index (Phi) is 4.69. The van der Waals surface area contributed by atoms with Crippen LogP contribution >= 0.6 is 0 Å². The number of hydrogen-bond acceptors (Lipinski definition) is 2. The van der Waals surface area contributed by atoms with Gasteiger partial charge in [-0.1, -0.05) is 48.6 Å². The Bertz CT molecular complexity index is 306. The largest absolute Gasteiger partial charge is 0.392 e. The highest BCUT2D eigenvalue weighted by Gasteiger charge is 1.88. The van der Waals surface area contributed by atoms with Crippen molar-refractivity contribution in [1.82, 2.24) is 0 Å². The lowest BCUT2D eigenvalue weighted by atomic mass is 10.2. The zero-order valence-corrected chi connectivity index (χ0v) is 7.93. The zero-order chi connectivity index (χ0) is 10.2. The molecule has 0 bridgehead atoms. The molecule has 1 rings (SSSR count). The van der Waals surface area contributed by atoms with Gasteiger partial charge in [-0.25, -0.2) is 0 Å². The number of rotatable bonds is 4. The highest BCUT2D eigenvalue weighted by atomic mass is 16.3. The van der Waals surface area contributed by atoms with Crippen molar-refractivity contribution in [2.24, 2.45) is 0 Å². The van der Waals surface area contributed by atoms with E-state index in [2.05, 4.69) is 0 Å². The quantitative estimate of drug-likeness (QED) is 0.708. The molecule has 0 fully saturated rings. The molecule has 1 aromatic rings. The number of allylic oxidation sites excluding steroid dienone is 2. The molecule has 0 aliphatic carbocycles. The minimum Gasteiger partial charge on any atom is -0.392 e. The van der Waals surface area contributed by atoms with E-state index >= 15 is 0 Å². The van der Waals surface area contributed by atoms with Crippen LogP contribution in [0.3, 0.4) is 0 Å². The van der Waals surface area contributed by atoms with Crippen LogP contribution in [0, 0.1) is 0 Å². The topological polar surface area (TPSA) is 40.5 Å². The summed E-state index contributed by atoms with van der Waals surface area (Å²) in [6.07, 6.45) is 5.45. The van der Waals surface area contributed by atoms with E-state index in [4.69, 9.17) is 10.2 Å². The maximum Gasteiger partial charge on any atom is 0.0666 e. The Hall–Kier alpha value is -1.38. The summed E-state index contributed by atoms with van der Waals surface area (Å²) in [7, 11) is 0. The van der Waals surface area contributed by atoms with Gasteiger partial charge in [-0.2, -0.15) is 0 Å². The molecule has 74 valence electrons. The highest BCUT2D eigenvalue weighted by Crippen LogP contribution is 2.01. The molecule has 0 atom stereocenters. The third kappa shape index (κ3) is 3.56. The van der Waals surface area contributed by atoms with Crippen molar-refractivity contribution < 1.29 is 10.2 Å². The van der Waals surface area contributed by atoms with Crippen molar-refractivity contribution in [2.45, 2.75) is 0 Å². The highest BCUT2D eigenvalue weighted by molar-refractivity contribution is 5.50. The van der Waals surface area contributed by atoms with Crippen LogP contribution in [0.25, 0.3) is 6.08 Å². The van der Waals surface area contributed by atoms with E-state index in [9.17, 15) is 0 Å². The van der Waals surface area contributed by atoms with Gasteiger partial charge in [0.05, 0.1) is 13.2 Å². The normalized spacial score (nSPS) is 10.4. The Morgan fingerprint density at radius 2 is 1.71 bits per heavy atom. The summed E-state index contributed by atoms with van der Waals surface area (Å²) in [5, 5.41) is 17.5. The molecule has 0 radical (unpaired) electrons. The maximum absolute atomic E-state index is 8.76. The smallest absolute Gasteiger partial charge is 0.0666 e. The molecule has 0 aromatic heterocycles. The maximum atomic E-state index is 8.76. The fourth-order valence-electron chi connectivity index (χ4n) is 1.01. The first kappa shape index (κ1) is 10.7. The van der Waals surface area contributed by atoms with Crippen LogP contribution in [0.15, 0.2) is 48.1 Å². The Labute approximate surface area is 83.8 Å². The summed E-state index contributed by atoms with van der Waals surface area (Å²) in [4.78, 5) is 0. The van der Waals surface area contributed by atoms with E-state index in [0.29, 0.717) is 5.57 Å². The SMILES string of the molecule is OCC(=C/C=C/c1ccccc1)CO. The first-order valence-electron chi connectivity index (χ1n) is 4.49. The van der Waals surface area contributed by atoms with Gasteiger partial charge in [-0.3, -0.25) is 0 Å². The van der Waals surface area contributed by atoms with Crippen molar-refractivity contribution in [3.05, 3.63) is 53.6 Å². The van der Waals surface area contributed by atoms with Crippen LogP contribution in [0.5, 0.6) is 0 Å². The molecule has 0 amide bonds. The van der Waals surface area contributed by atoms with E-state index in [1.54, 1.807) is 6.08 Å². The summed E-state index contributed by atoms with van der Waals surface area (Å²) >= 11 is 0. The fourth-order valence-corrected chi connectivity index (χ4v) is 1.01. The number of benzene rings is 1. The molecule has 14 heavy (non-hydrogen) atoms. The summed E-state index contributed by atoms with van der Waals surface area (Å²) in [5.74, 6) is 0. The van der Waals surface area contributed by atoms with Crippen molar-refractivity contribution >= 4 is 6.08 Å². The average Bonchev–Trinajstić information content (AvgIpc) is 2.26. The number of aliphatic hydroxyl groups is 2. The Morgan fingerprint density at radius 3 is 2.29 bits per heavy atom. The minimum atomic E-state index is -0.102. The molecule has 2 N–H and O–H groups in total. The first-order valence-corrected chi connectivity index (χ1v) is 4.49. The molecule has 1 aromatic carbocycles. The zero-order valence-electron chi connectivity index (χ0n) is 7.93. The van der Waals surface area contributed by atoms with Crippen LogP contribution in [0.2, 0.25) is 0 Å². The molecule has 0 spiro atoms. The average molecular weight is 190 g/mol. The minimum absolute atomic E-state index is 0.102. The molecule has 0 heterocycles. The summed E-state index contributed by atoms with van der Waals surface area (Å²) in [6, 6.07) is 9.86. The molecule has 0 aliphatic heterocycles. The summed E-state index contributed by atoms with van der Waals surface area (Å²) < 4.78 is 0. The van der Waals surface area contributed by atoms with Crippen molar-refractivity contribution in [1.29, 1.82) is 0 Å². The van der Waals surface area contributed by atoms with Crippen LogP contribution in [0.4, 0.5) is 0 Å². The molecule has 0 saturated heterocycles. The van der Waals surface area contributed by atoms with Gasteiger partial charge >= 0.3 is 0 Å². The second kappa shape index (κ2) is 6.13. The third-order valence-electron chi connectivity index (χ3n) is 1.83. The molecular weight excluding hydrogens is 176 g/mol. The van der Waals surface area contributed by atoms with Gasteiger partial charge in [-0.05, 0) is 11.1 Å². The predicted molar refractivity (Wildman–Crippen MR) is 57.7 cm³/mol. The van der Waals surface area contributed by atoms with Gasteiger partial charge in [0.2, 0.25) is 0 Å². The van der Waals surface area contributed by atoms with Gasteiger partial charge in [-0.15, -0.1) is 0 Å². The predicted octanol–water partition coefficient (Wildman–Crippen LogP) is 1.61. The standard InChI is InChI=1S/C12H14O2/c13-9-12(10-14)8-4-7-11-5-2-1-3-6-11/h1-8,13-14H,9-10H2/b7-4+. The van der Waals surface area contributed by atoms with Crippen LogP contribution < -0.4 is 0 Å².